The highest BCUT2D eigenvalue weighted by atomic mass is 79.9. The molecule has 1 heterocycles. The van der Waals surface area contributed by atoms with E-state index in [9.17, 15) is 12.8 Å². The number of H-pyrrole nitrogens is 1. The molecule has 15 heavy (non-hydrogen) atoms. The van der Waals surface area contributed by atoms with Gasteiger partial charge in [-0.05, 0) is 28.1 Å². The predicted octanol–water partition coefficient (Wildman–Crippen LogP) is 2.39. The number of hydrogen-bond donors (Lipinski definition) is 1. The zero-order chi connectivity index (χ0) is 11.2. The molecule has 0 atom stereocenters. The molecule has 0 saturated heterocycles. The second-order valence-corrected chi connectivity index (χ2v) is 5.99. The van der Waals surface area contributed by atoms with Gasteiger partial charge in [0, 0.05) is 10.7 Å². The fourth-order valence-corrected chi connectivity index (χ4v) is 2.75. The number of nitrogens with one attached hydrogen (secondary N) is 1. The first kappa shape index (κ1) is 10.8. The smallest absolute Gasteiger partial charge is 0.266 e. The molecular formula is C7H3BrClFN2O2S. The summed E-state index contributed by atoms with van der Waals surface area (Å²) in [4.78, 5) is 5.90. The topological polar surface area (TPSA) is 62.8 Å². The van der Waals surface area contributed by atoms with E-state index in [1.54, 1.807) is 0 Å². The Morgan fingerprint density at radius 3 is 2.73 bits per heavy atom. The maximum absolute atomic E-state index is 13.3. The van der Waals surface area contributed by atoms with Crippen molar-refractivity contribution in [1.82, 2.24) is 9.97 Å². The van der Waals surface area contributed by atoms with Gasteiger partial charge in [0.1, 0.15) is 16.2 Å². The average Bonchev–Trinajstić information content (AvgIpc) is 2.41. The maximum atomic E-state index is 13.3. The number of fused-ring (bicyclic) bond motifs is 1. The van der Waals surface area contributed by atoms with Crippen LogP contribution in [-0.4, -0.2) is 18.4 Å². The minimum atomic E-state index is -4.15. The van der Waals surface area contributed by atoms with Crippen molar-refractivity contribution in [2.45, 2.75) is 4.90 Å². The molecule has 0 radical (unpaired) electrons. The molecule has 2 aromatic rings. The maximum Gasteiger partial charge on any atom is 0.266 e. The quantitative estimate of drug-likeness (QED) is 0.822. The van der Waals surface area contributed by atoms with Crippen LogP contribution in [0.3, 0.4) is 0 Å². The second kappa shape index (κ2) is 3.43. The Labute approximate surface area is 97.0 Å². The summed E-state index contributed by atoms with van der Waals surface area (Å²) in [5, 5.41) is 0. The summed E-state index contributed by atoms with van der Waals surface area (Å²) in [5.74, 6) is -0.920. The van der Waals surface area contributed by atoms with Crippen LogP contribution in [0.2, 0.25) is 0 Å². The highest BCUT2D eigenvalue weighted by Crippen LogP contribution is 2.28. The van der Waals surface area contributed by atoms with Crippen LogP contribution < -0.4 is 0 Å². The van der Waals surface area contributed by atoms with Crippen LogP contribution in [0.15, 0.2) is 21.8 Å². The van der Waals surface area contributed by atoms with Gasteiger partial charge in [-0.3, -0.25) is 0 Å². The van der Waals surface area contributed by atoms with Crippen molar-refractivity contribution in [3.8, 4) is 0 Å². The third-order valence-corrected chi connectivity index (χ3v) is 3.49. The van der Waals surface area contributed by atoms with E-state index in [1.807, 2.05) is 0 Å². The first-order chi connectivity index (χ1) is 6.89. The van der Waals surface area contributed by atoms with Crippen molar-refractivity contribution in [3.63, 3.8) is 0 Å². The SMILES string of the molecule is O=S(=O)(Cl)c1c(F)ccc2[nH]c(Br)nc12. The second-order valence-electron chi connectivity index (χ2n) is 2.74. The summed E-state index contributed by atoms with van der Waals surface area (Å²) in [6, 6.07) is 2.40. The molecule has 1 aromatic heterocycles. The number of hydrogen-bond acceptors (Lipinski definition) is 3. The van der Waals surface area contributed by atoms with E-state index < -0.39 is 19.8 Å². The monoisotopic (exact) mass is 312 g/mol. The van der Waals surface area contributed by atoms with Crippen LogP contribution in [0.1, 0.15) is 0 Å². The summed E-state index contributed by atoms with van der Waals surface area (Å²) in [5.41, 5.74) is 0.374. The number of aromatic amines is 1. The van der Waals surface area contributed by atoms with Crippen LogP contribution in [0.25, 0.3) is 11.0 Å². The Morgan fingerprint density at radius 1 is 1.47 bits per heavy atom. The summed E-state index contributed by atoms with van der Waals surface area (Å²) >= 11 is 3.02. The number of halogens is 3. The third-order valence-electron chi connectivity index (χ3n) is 1.78. The van der Waals surface area contributed by atoms with Crippen molar-refractivity contribution in [2.75, 3.05) is 0 Å². The fraction of sp³-hybridized carbons (Fsp3) is 0. The van der Waals surface area contributed by atoms with E-state index in [-0.39, 0.29) is 5.52 Å². The van der Waals surface area contributed by atoms with Gasteiger partial charge in [0.15, 0.2) is 4.73 Å². The van der Waals surface area contributed by atoms with E-state index in [2.05, 4.69) is 25.9 Å². The average molecular weight is 314 g/mol. The van der Waals surface area contributed by atoms with Gasteiger partial charge in [-0.25, -0.2) is 17.8 Å². The zero-order valence-electron chi connectivity index (χ0n) is 6.96. The van der Waals surface area contributed by atoms with E-state index in [0.29, 0.717) is 10.3 Å². The molecule has 0 saturated carbocycles. The molecule has 0 spiro atoms. The summed E-state index contributed by atoms with van der Waals surface area (Å²) in [6.45, 7) is 0. The molecule has 2 rings (SSSR count). The Hall–Kier alpha value is -0.660. The molecular weight excluding hydrogens is 311 g/mol. The lowest BCUT2D eigenvalue weighted by atomic mass is 10.3. The van der Waals surface area contributed by atoms with E-state index >= 15 is 0 Å². The zero-order valence-corrected chi connectivity index (χ0v) is 10.1. The number of benzene rings is 1. The third kappa shape index (κ3) is 1.86. The lowest BCUT2D eigenvalue weighted by Crippen LogP contribution is -1.96. The molecule has 0 aliphatic heterocycles. The number of imidazole rings is 1. The minimum Gasteiger partial charge on any atom is -0.332 e. The van der Waals surface area contributed by atoms with Crippen LogP contribution in [0, 0.1) is 5.82 Å². The number of rotatable bonds is 1. The molecule has 0 fully saturated rings. The molecule has 0 bridgehead atoms. The van der Waals surface area contributed by atoms with Gasteiger partial charge in [0.25, 0.3) is 9.05 Å². The van der Waals surface area contributed by atoms with Gasteiger partial charge in [-0.15, -0.1) is 0 Å². The Bertz CT molecular complexity index is 640. The Balaban J connectivity index is 2.98. The standard InChI is InChI=1S/C7H3BrClFN2O2S/c8-7-11-4-2-1-3(10)6(5(4)12-7)15(9,13)14/h1-2H,(H,11,12). The number of nitrogens with zero attached hydrogens (tertiary/aromatic N) is 1. The van der Waals surface area contributed by atoms with Crippen LogP contribution in [-0.2, 0) is 9.05 Å². The van der Waals surface area contributed by atoms with E-state index in [1.165, 1.54) is 6.07 Å². The largest absolute Gasteiger partial charge is 0.332 e. The predicted molar refractivity (Wildman–Crippen MR) is 56.8 cm³/mol. The van der Waals surface area contributed by atoms with Crippen molar-refractivity contribution in [3.05, 3.63) is 22.7 Å². The van der Waals surface area contributed by atoms with E-state index in [4.69, 9.17) is 10.7 Å². The van der Waals surface area contributed by atoms with E-state index in [0.717, 1.165) is 6.07 Å². The van der Waals surface area contributed by atoms with Gasteiger partial charge in [0.05, 0.1) is 5.52 Å². The first-order valence-electron chi connectivity index (χ1n) is 3.68. The molecule has 1 N–H and O–H groups in total. The summed E-state index contributed by atoms with van der Waals surface area (Å²) < 4.78 is 35.9. The van der Waals surface area contributed by atoms with Crippen molar-refractivity contribution in [1.29, 1.82) is 0 Å². The summed E-state index contributed by atoms with van der Waals surface area (Å²) in [6.07, 6.45) is 0. The van der Waals surface area contributed by atoms with Gasteiger partial charge < -0.3 is 4.98 Å². The molecule has 0 aliphatic carbocycles. The van der Waals surface area contributed by atoms with Crippen molar-refractivity contribution in [2.24, 2.45) is 0 Å². The fourth-order valence-electron chi connectivity index (χ4n) is 1.23. The minimum absolute atomic E-state index is 0.0168. The van der Waals surface area contributed by atoms with Crippen LogP contribution in [0.5, 0.6) is 0 Å². The molecule has 0 unspecified atom stereocenters. The first-order valence-corrected chi connectivity index (χ1v) is 6.78. The molecule has 0 amide bonds. The molecule has 80 valence electrons. The lowest BCUT2D eigenvalue weighted by Gasteiger charge is -1.98. The van der Waals surface area contributed by atoms with Gasteiger partial charge >= 0.3 is 0 Å². The molecule has 4 nitrogen and oxygen atoms in total. The Kier molecular flexibility index (Phi) is 2.48. The molecule has 0 aliphatic rings. The molecule has 8 heteroatoms. The normalized spacial score (nSPS) is 12.2. The summed E-state index contributed by atoms with van der Waals surface area (Å²) in [7, 11) is 0.962. The number of aromatic nitrogens is 2. The Morgan fingerprint density at radius 2 is 2.13 bits per heavy atom. The van der Waals surface area contributed by atoms with Gasteiger partial charge in [-0.1, -0.05) is 0 Å². The highest BCUT2D eigenvalue weighted by molar-refractivity contribution is 9.10. The highest BCUT2D eigenvalue weighted by Gasteiger charge is 2.22. The van der Waals surface area contributed by atoms with Crippen molar-refractivity contribution >= 4 is 46.7 Å². The van der Waals surface area contributed by atoms with Gasteiger partial charge in [0.2, 0.25) is 0 Å². The van der Waals surface area contributed by atoms with Crippen LogP contribution >= 0.6 is 26.6 Å². The van der Waals surface area contributed by atoms with Gasteiger partial charge in [-0.2, -0.15) is 0 Å². The lowest BCUT2D eigenvalue weighted by molar-refractivity contribution is 0.578. The molecule has 1 aromatic carbocycles. The van der Waals surface area contributed by atoms with Crippen molar-refractivity contribution < 1.29 is 12.8 Å². The van der Waals surface area contributed by atoms with Crippen LogP contribution in [0.4, 0.5) is 4.39 Å².